The number of hydrogen-bond donors (Lipinski definition) is 0. The van der Waals surface area contributed by atoms with Crippen molar-refractivity contribution in [2.45, 2.75) is 56.3 Å². The monoisotopic (exact) mass is 763 g/mol. The summed E-state index contributed by atoms with van der Waals surface area (Å²) in [5.74, 6) is 0. The van der Waals surface area contributed by atoms with Crippen molar-refractivity contribution in [2.24, 2.45) is 0 Å². The van der Waals surface area contributed by atoms with Crippen LogP contribution in [0.1, 0.15) is 51.7 Å². The number of fused-ring (bicyclic) bond motifs is 6. The Kier molecular flexibility index (Phi) is 9.98. The molecule has 5 aromatic rings. The van der Waals surface area contributed by atoms with Crippen molar-refractivity contribution in [3.8, 4) is 0 Å². The number of nitrogens with zero attached hydrogens (tertiary/aromatic N) is 2. The summed E-state index contributed by atoms with van der Waals surface area (Å²) in [5, 5.41) is 4.88. The van der Waals surface area contributed by atoms with Gasteiger partial charge >= 0.3 is 0 Å². The Labute approximate surface area is 331 Å². The zero-order chi connectivity index (χ0) is 39.2. The minimum atomic E-state index is -3.85. The smallest absolute Gasteiger partial charge is 0.210 e. The van der Waals surface area contributed by atoms with Gasteiger partial charge in [-0.15, -0.1) is 0 Å². The lowest BCUT2D eigenvalue weighted by Crippen LogP contribution is -2.29. The number of hydrogen-bond acceptors (Lipinski definition) is 5. The summed E-state index contributed by atoms with van der Waals surface area (Å²) in [7, 11) is -0.388. The van der Waals surface area contributed by atoms with Crippen molar-refractivity contribution < 1.29 is 22.5 Å². The van der Waals surface area contributed by atoms with Gasteiger partial charge in [0.2, 0.25) is 15.5 Å². The molecule has 0 aromatic heterocycles. The molecule has 2 aliphatic heterocycles. The van der Waals surface area contributed by atoms with Crippen LogP contribution in [0.5, 0.6) is 0 Å². The van der Waals surface area contributed by atoms with Gasteiger partial charge < -0.3 is 14.4 Å². The Morgan fingerprint density at radius 3 is 2.04 bits per heavy atom. The fraction of sp³-hybridized carbons (Fsp3) is 0.286. The Morgan fingerprint density at radius 2 is 1.34 bits per heavy atom. The van der Waals surface area contributed by atoms with Gasteiger partial charge in [0.1, 0.15) is 6.61 Å². The lowest BCUT2D eigenvalue weighted by molar-refractivity contribution is -0.441. The molecular weight excluding hydrogens is 713 g/mol. The van der Waals surface area contributed by atoms with E-state index in [9.17, 15) is 8.42 Å². The molecule has 0 radical (unpaired) electrons. The molecule has 0 atom stereocenters. The Hall–Kier alpha value is -5.08. The van der Waals surface area contributed by atoms with Crippen LogP contribution >= 0.6 is 0 Å². The maximum atomic E-state index is 14.7. The fourth-order valence-corrected chi connectivity index (χ4v) is 11.1. The molecule has 0 fully saturated rings. The topological polar surface area (TPSA) is 58.9 Å². The predicted octanol–water partition coefficient (Wildman–Crippen LogP) is 10.3. The SMILES string of the molecule is COCCN1/C(=C/C=C2\CCC(/C=C/C3=[N+](CCOC)c4ccc5ccccc5c4C3(C)C)=C2S(=O)(=O)c2ccccc2)C(C)(C)c2c1ccc1ccccc21. The minimum absolute atomic E-state index is 0.303. The molecule has 2 heterocycles. The molecule has 0 spiro atoms. The molecule has 56 heavy (non-hydrogen) atoms. The van der Waals surface area contributed by atoms with Crippen LogP contribution in [0.2, 0.25) is 0 Å². The summed E-state index contributed by atoms with van der Waals surface area (Å²) in [5.41, 5.74) is 8.12. The number of benzene rings is 5. The third-order valence-corrected chi connectivity index (χ3v) is 14.0. The van der Waals surface area contributed by atoms with Crippen LogP contribution in [-0.2, 0) is 30.1 Å². The molecule has 3 aliphatic rings. The first kappa shape index (κ1) is 37.8. The quantitative estimate of drug-likeness (QED) is 0.125. The van der Waals surface area contributed by atoms with E-state index in [1.54, 1.807) is 38.5 Å². The summed E-state index contributed by atoms with van der Waals surface area (Å²) < 4.78 is 43.0. The van der Waals surface area contributed by atoms with Crippen LogP contribution in [0, 0.1) is 0 Å². The minimum Gasteiger partial charge on any atom is -0.383 e. The van der Waals surface area contributed by atoms with E-state index in [-0.39, 0.29) is 10.8 Å². The maximum Gasteiger partial charge on any atom is 0.210 e. The third-order valence-electron chi connectivity index (χ3n) is 12.0. The summed E-state index contributed by atoms with van der Waals surface area (Å²) in [6, 6.07) is 34.8. The molecule has 286 valence electrons. The molecule has 8 rings (SSSR count). The Balaban J connectivity index is 1.27. The van der Waals surface area contributed by atoms with Gasteiger partial charge in [0.15, 0.2) is 12.3 Å². The molecule has 0 unspecified atom stereocenters. The van der Waals surface area contributed by atoms with E-state index >= 15 is 0 Å². The fourth-order valence-electron chi connectivity index (χ4n) is 9.36. The lowest BCUT2D eigenvalue weighted by atomic mass is 9.79. The molecular formula is C49H51N2O4S+. The van der Waals surface area contributed by atoms with Gasteiger partial charge in [-0.3, -0.25) is 0 Å². The molecule has 0 amide bonds. The van der Waals surface area contributed by atoms with E-state index in [1.165, 1.54) is 44.0 Å². The molecule has 1 aliphatic carbocycles. The maximum absolute atomic E-state index is 14.7. The van der Waals surface area contributed by atoms with E-state index < -0.39 is 9.84 Å². The van der Waals surface area contributed by atoms with Crippen molar-refractivity contribution in [3.63, 3.8) is 0 Å². The molecule has 0 bridgehead atoms. The molecule has 5 aromatic carbocycles. The number of sulfone groups is 1. The highest BCUT2D eigenvalue weighted by Crippen LogP contribution is 2.51. The van der Waals surface area contributed by atoms with Gasteiger partial charge in [-0.05, 0) is 95.3 Å². The van der Waals surface area contributed by atoms with Crippen molar-refractivity contribution in [3.05, 3.63) is 160 Å². The second-order valence-electron chi connectivity index (χ2n) is 16.0. The highest BCUT2D eigenvalue weighted by Gasteiger charge is 2.46. The largest absolute Gasteiger partial charge is 0.383 e. The van der Waals surface area contributed by atoms with Crippen LogP contribution < -0.4 is 4.90 Å². The highest BCUT2D eigenvalue weighted by atomic mass is 32.2. The average Bonchev–Trinajstić information content (AvgIpc) is 3.79. The van der Waals surface area contributed by atoms with Crippen LogP contribution in [0.15, 0.2) is 154 Å². The normalized spacial score (nSPS) is 19.1. The van der Waals surface area contributed by atoms with E-state index in [1.807, 2.05) is 6.07 Å². The van der Waals surface area contributed by atoms with Gasteiger partial charge in [0, 0.05) is 55.3 Å². The zero-order valence-corrected chi connectivity index (χ0v) is 34.1. The molecule has 0 saturated heterocycles. The van der Waals surface area contributed by atoms with Crippen LogP contribution in [0.4, 0.5) is 11.4 Å². The number of anilines is 1. The van der Waals surface area contributed by atoms with Crippen molar-refractivity contribution in [1.82, 2.24) is 0 Å². The van der Waals surface area contributed by atoms with Crippen molar-refractivity contribution in [1.29, 1.82) is 0 Å². The molecule has 6 nitrogen and oxygen atoms in total. The van der Waals surface area contributed by atoms with Gasteiger partial charge in [-0.25, -0.2) is 8.42 Å². The van der Waals surface area contributed by atoms with Gasteiger partial charge in [0.05, 0.1) is 21.8 Å². The number of allylic oxidation sites excluding steroid dienone is 7. The molecule has 0 N–H and O–H groups in total. The first-order chi connectivity index (χ1) is 27.0. The summed E-state index contributed by atoms with van der Waals surface area (Å²) in [4.78, 5) is 3.06. The number of methoxy groups -OCH3 is 2. The third kappa shape index (κ3) is 6.26. The predicted molar refractivity (Wildman–Crippen MR) is 230 cm³/mol. The zero-order valence-electron chi connectivity index (χ0n) is 33.3. The summed E-state index contributed by atoms with van der Waals surface area (Å²) in [6.07, 6.45) is 9.71. The van der Waals surface area contributed by atoms with Crippen LogP contribution in [0.25, 0.3) is 21.5 Å². The second kappa shape index (κ2) is 14.8. The number of ether oxygens (including phenoxy) is 2. The first-order valence-electron chi connectivity index (χ1n) is 19.6. The Morgan fingerprint density at radius 1 is 0.696 bits per heavy atom. The standard InChI is InChI=1S/C49H51N2O4S/c1-48(2)43(50(30-32-54-5)41-26-22-34-14-10-12-18-39(34)45(41)48)28-24-36-20-21-37(47(36)56(52,53)38-16-8-7-9-17-38)25-29-44-49(3,4)46-40-19-13-11-15-35(40)23-27-42(46)51(44)31-33-55-6/h7-19,22-29H,20-21,30-33H2,1-6H3/q+1. The molecule has 7 heteroatoms. The second-order valence-corrected chi connectivity index (χ2v) is 17.9. The highest BCUT2D eigenvalue weighted by molar-refractivity contribution is 7.95. The summed E-state index contributed by atoms with van der Waals surface area (Å²) in [6.45, 7) is 11.6. The lowest BCUT2D eigenvalue weighted by Gasteiger charge is -2.27. The van der Waals surface area contributed by atoms with E-state index in [2.05, 4.69) is 134 Å². The van der Waals surface area contributed by atoms with Gasteiger partial charge in [-0.1, -0.05) is 98.8 Å². The van der Waals surface area contributed by atoms with E-state index in [4.69, 9.17) is 9.47 Å². The Bertz CT molecular complexity index is 2630. The average molecular weight is 764 g/mol. The number of rotatable bonds is 11. The van der Waals surface area contributed by atoms with E-state index in [0.29, 0.717) is 48.9 Å². The van der Waals surface area contributed by atoms with E-state index in [0.717, 1.165) is 22.6 Å². The molecule has 0 saturated carbocycles. The first-order valence-corrected chi connectivity index (χ1v) is 21.1. The van der Waals surface area contributed by atoms with Crippen LogP contribution in [-0.4, -0.2) is 59.2 Å². The van der Waals surface area contributed by atoms with Crippen molar-refractivity contribution >= 4 is 48.5 Å². The summed E-state index contributed by atoms with van der Waals surface area (Å²) >= 11 is 0. The van der Waals surface area contributed by atoms with Gasteiger partial charge in [0.25, 0.3) is 0 Å². The van der Waals surface area contributed by atoms with Gasteiger partial charge in [-0.2, -0.15) is 4.58 Å². The van der Waals surface area contributed by atoms with Crippen molar-refractivity contribution in [2.75, 3.05) is 45.4 Å². The van der Waals surface area contributed by atoms with Crippen LogP contribution in [0.3, 0.4) is 0 Å².